The Morgan fingerprint density at radius 1 is 0.294 bits per heavy atom. The molecule has 0 aromatic heterocycles. The van der Waals surface area contributed by atoms with Crippen molar-refractivity contribution in [3.05, 3.63) is 206 Å². The van der Waals surface area contributed by atoms with Gasteiger partial charge in [-0.25, -0.2) is 0 Å². The Balaban J connectivity index is 1.42. The quantitative estimate of drug-likeness (QED) is 0.137. The van der Waals surface area contributed by atoms with E-state index < -0.39 is 6.49 Å². The first kappa shape index (κ1) is 32.2. The first-order valence-electron chi connectivity index (χ1n) is 17.5. The molecule has 3 heteroatoms. The van der Waals surface area contributed by atoms with Crippen LogP contribution in [0, 0.1) is 0 Å². The molecule has 235 valence electrons. The third-order valence-corrected chi connectivity index (χ3v) is 9.63. The van der Waals surface area contributed by atoms with E-state index in [1.807, 2.05) is 0 Å². The van der Waals surface area contributed by atoms with Gasteiger partial charge >= 0.3 is 0 Å². The Labute approximate surface area is 304 Å². The highest BCUT2D eigenvalue weighted by Gasteiger charge is 2.27. The van der Waals surface area contributed by atoms with Crippen LogP contribution in [0.5, 0.6) is 0 Å². The van der Waals surface area contributed by atoms with Crippen molar-refractivity contribution >= 4 is 32.3 Å². The van der Waals surface area contributed by atoms with Gasteiger partial charge in [-0.05, 0) is 66.8 Å². The van der Waals surface area contributed by atoms with Crippen LogP contribution in [-0.4, -0.2) is 21.4 Å². The number of benzene rings is 8. The topological polar surface area (TPSA) is 0 Å². The van der Waals surface area contributed by atoms with Gasteiger partial charge in [0.25, 0.3) is 0 Å². The zero-order valence-corrected chi connectivity index (χ0v) is 28.4. The molecule has 8 aromatic rings. The van der Waals surface area contributed by atoms with Crippen molar-refractivity contribution < 1.29 is 0 Å². The van der Waals surface area contributed by atoms with E-state index in [1.165, 1.54) is 16.7 Å². The lowest BCUT2D eigenvalue weighted by molar-refractivity contribution is 1.58. The van der Waals surface area contributed by atoms with Crippen molar-refractivity contribution in [1.29, 1.82) is 0 Å². The lowest BCUT2D eigenvalue weighted by Crippen LogP contribution is -2.46. The van der Waals surface area contributed by atoms with Gasteiger partial charge in [-0.15, -0.1) is 0 Å². The molecule has 0 atom stereocenters. The van der Waals surface area contributed by atoms with Crippen molar-refractivity contribution in [1.82, 2.24) is 0 Å². The first-order chi connectivity index (χ1) is 25.3. The van der Waals surface area contributed by atoms with E-state index >= 15 is 0 Å². The standard InChI is InChI=1S/C48H34B3/c49-51(48-44(38-25-13-4-14-26-38)34-32-42(36-21-9-2-10-22-36)46(48)40-29-17-6-18-30-40)50-47-43(37-23-11-3-12-24-37)33-31-41(35-19-7-1-8-20-35)45(47)39-27-15-5-16-28-39/h1-34H. The fourth-order valence-electron chi connectivity index (χ4n) is 7.31. The second-order valence-electron chi connectivity index (χ2n) is 12.8. The van der Waals surface area contributed by atoms with Crippen molar-refractivity contribution in [2.24, 2.45) is 0 Å². The van der Waals surface area contributed by atoms with Crippen LogP contribution in [0.1, 0.15) is 0 Å². The summed E-state index contributed by atoms with van der Waals surface area (Å²) < 4.78 is 0. The maximum absolute atomic E-state index is 7.68. The predicted molar refractivity (Wildman–Crippen MR) is 222 cm³/mol. The molecule has 0 unspecified atom stereocenters. The summed E-state index contributed by atoms with van der Waals surface area (Å²) in [5.41, 5.74) is 16.0. The molecule has 0 fully saturated rings. The van der Waals surface area contributed by atoms with Crippen LogP contribution in [0.25, 0.3) is 66.8 Å². The lowest BCUT2D eigenvalue weighted by Gasteiger charge is -2.26. The summed E-state index contributed by atoms with van der Waals surface area (Å²) in [5, 5.41) is 0. The summed E-state index contributed by atoms with van der Waals surface area (Å²) in [7, 11) is 9.98. The minimum atomic E-state index is -0.463. The van der Waals surface area contributed by atoms with Crippen molar-refractivity contribution in [3.63, 3.8) is 0 Å². The van der Waals surface area contributed by atoms with E-state index in [0.717, 1.165) is 61.0 Å². The van der Waals surface area contributed by atoms with Crippen molar-refractivity contribution in [2.45, 2.75) is 0 Å². The summed E-state index contributed by atoms with van der Waals surface area (Å²) >= 11 is 0. The molecular formula is C48H34B3. The average molecular weight is 643 g/mol. The Bertz CT molecular complexity index is 2360. The van der Waals surface area contributed by atoms with Crippen LogP contribution < -0.4 is 10.9 Å². The largest absolute Gasteiger partial charge is 0.114 e. The van der Waals surface area contributed by atoms with E-state index in [0.29, 0.717) is 0 Å². The Morgan fingerprint density at radius 3 is 1.02 bits per heavy atom. The highest BCUT2D eigenvalue weighted by atomic mass is 14.2. The molecule has 8 aromatic carbocycles. The normalized spacial score (nSPS) is 10.8. The molecule has 0 aliphatic rings. The highest BCUT2D eigenvalue weighted by Crippen LogP contribution is 2.37. The minimum Gasteiger partial charge on any atom is -0.0820 e. The summed E-state index contributed by atoms with van der Waals surface area (Å²) in [4.78, 5) is 0. The predicted octanol–water partition coefficient (Wildman–Crippen LogP) is 10.6. The SMILES string of the molecule is [B]B([B]c1c(-c2ccccc2)ccc(-c2ccccc2)c1-c1ccccc1)c1c(-c2ccccc2)ccc(-c2ccccc2)c1-c1ccccc1. The molecule has 0 nitrogen and oxygen atoms in total. The molecule has 0 saturated heterocycles. The van der Waals surface area contributed by atoms with Crippen LogP contribution in [-0.2, 0) is 0 Å². The summed E-state index contributed by atoms with van der Waals surface area (Å²) in [6.07, 6.45) is 0. The van der Waals surface area contributed by atoms with Crippen LogP contribution >= 0.6 is 0 Å². The average Bonchev–Trinajstić information content (AvgIpc) is 3.22. The van der Waals surface area contributed by atoms with Gasteiger partial charge in [0, 0.05) is 7.74 Å². The zero-order chi connectivity index (χ0) is 34.4. The maximum Gasteiger partial charge on any atom is 0.114 e. The fraction of sp³-hybridized carbons (Fsp3) is 0. The molecule has 0 saturated carbocycles. The second-order valence-corrected chi connectivity index (χ2v) is 12.8. The molecule has 8 rings (SSSR count). The third kappa shape index (κ3) is 6.64. The second kappa shape index (κ2) is 14.8. The molecule has 0 spiro atoms. The van der Waals surface area contributed by atoms with E-state index in [9.17, 15) is 0 Å². The Kier molecular flexibility index (Phi) is 9.36. The number of hydrogen-bond acceptors (Lipinski definition) is 0. The van der Waals surface area contributed by atoms with Gasteiger partial charge < -0.3 is 0 Å². The smallest absolute Gasteiger partial charge is 0.0820 e. The van der Waals surface area contributed by atoms with Gasteiger partial charge in [-0.3, -0.25) is 0 Å². The number of hydrogen-bond donors (Lipinski definition) is 0. The number of rotatable bonds is 9. The van der Waals surface area contributed by atoms with Gasteiger partial charge in [0.2, 0.25) is 0 Å². The summed E-state index contributed by atoms with van der Waals surface area (Å²) in [5.74, 6) is 0. The van der Waals surface area contributed by atoms with Crippen molar-refractivity contribution in [2.75, 3.05) is 0 Å². The molecule has 0 aliphatic heterocycles. The molecule has 0 aliphatic carbocycles. The highest BCUT2D eigenvalue weighted by molar-refractivity contribution is 7.44. The van der Waals surface area contributed by atoms with E-state index in [-0.39, 0.29) is 0 Å². The molecule has 0 heterocycles. The molecule has 3 radical (unpaired) electrons. The van der Waals surface area contributed by atoms with E-state index in [1.54, 1.807) is 0 Å². The molecule has 0 N–H and O–H groups in total. The van der Waals surface area contributed by atoms with Gasteiger partial charge in [0.1, 0.15) is 7.17 Å². The maximum atomic E-state index is 7.68. The van der Waals surface area contributed by atoms with E-state index in [4.69, 9.17) is 7.74 Å². The van der Waals surface area contributed by atoms with Crippen LogP contribution in [0.2, 0.25) is 0 Å². The Hall–Kier alpha value is -6.05. The van der Waals surface area contributed by atoms with Crippen LogP contribution in [0.4, 0.5) is 0 Å². The van der Waals surface area contributed by atoms with Crippen LogP contribution in [0.3, 0.4) is 0 Å². The Morgan fingerprint density at radius 2 is 0.588 bits per heavy atom. The van der Waals surface area contributed by atoms with E-state index in [2.05, 4.69) is 213 Å². The summed E-state index contributed by atoms with van der Waals surface area (Å²) in [6, 6.07) is 73.1. The fourth-order valence-corrected chi connectivity index (χ4v) is 7.31. The lowest BCUT2D eigenvalue weighted by atomic mass is 9.06. The zero-order valence-electron chi connectivity index (χ0n) is 28.4. The molecule has 0 bridgehead atoms. The van der Waals surface area contributed by atoms with Gasteiger partial charge in [0.05, 0.1) is 6.49 Å². The summed E-state index contributed by atoms with van der Waals surface area (Å²) in [6.45, 7) is -0.463. The molecular weight excluding hydrogens is 609 g/mol. The van der Waals surface area contributed by atoms with Gasteiger partial charge in [0.15, 0.2) is 0 Å². The van der Waals surface area contributed by atoms with Crippen LogP contribution in [0.15, 0.2) is 206 Å². The molecule has 0 amide bonds. The van der Waals surface area contributed by atoms with Gasteiger partial charge in [-0.2, -0.15) is 0 Å². The molecule has 51 heavy (non-hydrogen) atoms. The van der Waals surface area contributed by atoms with Crippen molar-refractivity contribution in [3.8, 4) is 66.8 Å². The monoisotopic (exact) mass is 643 g/mol. The third-order valence-electron chi connectivity index (χ3n) is 9.63. The first-order valence-corrected chi connectivity index (χ1v) is 17.5. The minimum absolute atomic E-state index is 0.463. The van der Waals surface area contributed by atoms with Gasteiger partial charge in [-0.1, -0.05) is 217 Å².